The third kappa shape index (κ3) is 2.55. The molecule has 8 heteroatoms. The van der Waals surface area contributed by atoms with Crippen molar-refractivity contribution in [3.63, 3.8) is 0 Å². The van der Waals surface area contributed by atoms with Gasteiger partial charge >= 0.3 is 0 Å². The molecule has 0 aromatic carbocycles. The summed E-state index contributed by atoms with van der Waals surface area (Å²) in [4.78, 5) is 1.47. The van der Waals surface area contributed by atoms with E-state index in [2.05, 4.69) is 9.82 Å². The zero-order valence-electron chi connectivity index (χ0n) is 9.91. The molecule has 0 spiro atoms. The Bertz CT molecular complexity index is 658. The largest absolute Gasteiger partial charge is 0.391 e. The molecule has 2 rings (SSSR count). The van der Waals surface area contributed by atoms with Gasteiger partial charge in [-0.05, 0) is 13.0 Å². The maximum absolute atomic E-state index is 12.1. The van der Waals surface area contributed by atoms with Gasteiger partial charge in [-0.15, -0.1) is 11.3 Å². The molecule has 0 saturated heterocycles. The van der Waals surface area contributed by atoms with Crippen molar-refractivity contribution in [2.45, 2.75) is 18.4 Å². The quantitative estimate of drug-likeness (QED) is 0.881. The monoisotopic (exact) mass is 287 g/mol. The molecule has 2 aromatic rings. The van der Waals surface area contributed by atoms with E-state index >= 15 is 0 Å². The summed E-state index contributed by atoms with van der Waals surface area (Å²) < 4.78 is 28.2. The van der Waals surface area contributed by atoms with Crippen LogP contribution in [0.25, 0.3) is 0 Å². The van der Waals surface area contributed by atoms with Gasteiger partial charge in [0.1, 0.15) is 4.90 Å². The summed E-state index contributed by atoms with van der Waals surface area (Å²) in [6.45, 7) is 1.55. The molecule has 0 saturated carbocycles. The first-order chi connectivity index (χ1) is 8.42. The maximum Gasteiger partial charge on any atom is 0.263 e. The highest BCUT2D eigenvalue weighted by Gasteiger charge is 2.20. The molecule has 0 unspecified atom stereocenters. The van der Waals surface area contributed by atoms with Crippen LogP contribution in [-0.4, -0.2) is 23.3 Å². The van der Waals surface area contributed by atoms with Crippen LogP contribution < -0.4 is 4.72 Å². The average molecular weight is 287 g/mol. The Labute approximate surface area is 109 Å². The van der Waals surface area contributed by atoms with Gasteiger partial charge in [0.2, 0.25) is 0 Å². The van der Waals surface area contributed by atoms with Crippen LogP contribution in [0, 0.1) is 6.92 Å². The number of nitrogens with one attached hydrogen (secondary N) is 1. The molecule has 2 N–H and O–H groups in total. The number of aliphatic hydroxyl groups excluding tert-OH is 1. The molecule has 18 heavy (non-hydrogen) atoms. The number of hydrogen-bond donors (Lipinski definition) is 2. The summed E-state index contributed by atoms with van der Waals surface area (Å²) >= 11 is 1.27. The summed E-state index contributed by atoms with van der Waals surface area (Å²) in [5.74, 6) is 0. The molecule has 0 fully saturated rings. The van der Waals surface area contributed by atoms with Gasteiger partial charge in [-0.25, -0.2) is 8.42 Å². The van der Waals surface area contributed by atoms with Gasteiger partial charge in [0.25, 0.3) is 10.0 Å². The minimum atomic E-state index is -3.62. The van der Waals surface area contributed by atoms with Crippen LogP contribution in [0.1, 0.15) is 9.75 Å². The van der Waals surface area contributed by atoms with Gasteiger partial charge in [0.15, 0.2) is 0 Å². The van der Waals surface area contributed by atoms with Crippen LogP contribution in [0.5, 0.6) is 0 Å². The van der Waals surface area contributed by atoms with Crippen molar-refractivity contribution in [1.82, 2.24) is 9.78 Å². The Hall–Kier alpha value is -1.38. The van der Waals surface area contributed by atoms with Crippen molar-refractivity contribution in [2.24, 2.45) is 7.05 Å². The molecular weight excluding hydrogens is 274 g/mol. The van der Waals surface area contributed by atoms with Gasteiger partial charge < -0.3 is 5.11 Å². The normalized spacial score (nSPS) is 11.7. The molecule has 0 radical (unpaired) electrons. The van der Waals surface area contributed by atoms with Crippen molar-refractivity contribution in [3.05, 3.63) is 28.2 Å². The highest BCUT2D eigenvalue weighted by Crippen LogP contribution is 2.27. The Balaban J connectivity index is 2.33. The van der Waals surface area contributed by atoms with Crippen molar-refractivity contribution in [3.8, 4) is 0 Å². The molecule has 2 heterocycles. The van der Waals surface area contributed by atoms with E-state index in [0.29, 0.717) is 15.4 Å². The Morgan fingerprint density at radius 1 is 1.56 bits per heavy atom. The van der Waals surface area contributed by atoms with Gasteiger partial charge in [0, 0.05) is 23.0 Å². The maximum atomic E-state index is 12.1. The van der Waals surface area contributed by atoms with Gasteiger partial charge in [-0.1, -0.05) is 0 Å². The van der Waals surface area contributed by atoms with Crippen molar-refractivity contribution < 1.29 is 13.5 Å². The molecule has 0 atom stereocenters. The summed E-state index contributed by atoms with van der Waals surface area (Å²) in [5.41, 5.74) is 0.411. The Morgan fingerprint density at radius 2 is 2.28 bits per heavy atom. The zero-order valence-corrected chi connectivity index (χ0v) is 11.5. The van der Waals surface area contributed by atoms with Gasteiger partial charge in [-0.3, -0.25) is 9.40 Å². The number of sulfonamides is 1. The molecule has 0 aliphatic rings. The zero-order chi connectivity index (χ0) is 13.3. The molecule has 98 valence electrons. The van der Waals surface area contributed by atoms with E-state index < -0.39 is 10.0 Å². The number of hydrogen-bond acceptors (Lipinski definition) is 5. The van der Waals surface area contributed by atoms with Gasteiger partial charge in [0.05, 0.1) is 18.5 Å². The molecule has 0 bridgehead atoms. The summed E-state index contributed by atoms with van der Waals surface area (Å²) in [6, 6.07) is 1.48. The second-order valence-corrected chi connectivity index (χ2v) is 6.79. The Morgan fingerprint density at radius 3 is 2.78 bits per heavy atom. The van der Waals surface area contributed by atoms with Crippen LogP contribution in [0.3, 0.4) is 0 Å². The lowest BCUT2D eigenvalue weighted by Gasteiger charge is -2.04. The lowest BCUT2D eigenvalue weighted by Crippen LogP contribution is -2.12. The summed E-state index contributed by atoms with van der Waals surface area (Å²) in [7, 11) is -1.92. The van der Waals surface area contributed by atoms with Crippen LogP contribution >= 0.6 is 11.3 Å². The number of nitrogens with zero attached hydrogens (tertiary/aromatic N) is 2. The second-order valence-electron chi connectivity index (χ2n) is 3.80. The Kier molecular flexibility index (Phi) is 3.42. The van der Waals surface area contributed by atoms with E-state index in [9.17, 15) is 8.42 Å². The number of rotatable bonds is 4. The molecule has 2 aromatic heterocycles. The van der Waals surface area contributed by atoms with Crippen molar-refractivity contribution in [1.29, 1.82) is 0 Å². The molecule has 0 aliphatic carbocycles. The SMILES string of the molecule is Cc1sc(CO)cc1S(=O)(=O)Nc1cnn(C)c1. The average Bonchev–Trinajstić information content (AvgIpc) is 2.84. The topological polar surface area (TPSA) is 84.2 Å². The fourth-order valence-corrected chi connectivity index (χ4v) is 4.08. The minimum Gasteiger partial charge on any atom is -0.391 e. The molecule has 0 aliphatic heterocycles. The standard InChI is InChI=1S/C10H13N3O3S2/c1-7-10(3-9(6-14)17-7)18(15,16)12-8-4-11-13(2)5-8/h3-5,12,14H,6H2,1-2H3. The van der Waals surface area contributed by atoms with E-state index in [1.165, 1.54) is 28.3 Å². The first-order valence-electron chi connectivity index (χ1n) is 5.14. The van der Waals surface area contributed by atoms with Crippen LogP contribution in [-0.2, 0) is 23.7 Å². The molecule has 6 nitrogen and oxygen atoms in total. The van der Waals surface area contributed by atoms with Crippen molar-refractivity contribution >= 4 is 27.0 Å². The predicted molar refractivity (Wildman–Crippen MR) is 69.0 cm³/mol. The minimum absolute atomic E-state index is 0.159. The third-order valence-electron chi connectivity index (χ3n) is 2.33. The number of aryl methyl sites for hydroxylation is 2. The highest BCUT2D eigenvalue weighted by molar-refractivity contribution is 7.93. The lowest BCUT2D eigenvalue weighted by atomic mass is 10.4. The van der Waals surface area contributed by atoms with Crippen LogP contribution in [0.15, 0.2) is 23.4 Å². The van der Waals surface area contributed by atoms with Crippen molar-refractivity contribution in [2.75, 3.05) is 4.72 Å². The fraction of sp³-hybridized carbons (Fsp3) is 0.300. The molecular formula is C10H13N3O3S2. The van der Waals surface area contributed by atoms with E-state index in [4.69, 9.17) is 5.11 Å². The molecule has 0 amide bonds. The first-order valence-corrected chi connectivity index (χ1v) is 7.44. The van der Waals surface area contributed by atoms with Crippen LogP contribution in [0.2, 0.25) is 0 Å². The number of anilines is 1. The predicted octanol–water partition coefficient (Wildman–Crippen LogP) is 1.08. The number of aliphatic hydroxyl groups is 1. The summed E-state index contributed by atoms with van der Waals surface area (Å²) in [6.07, 6.45) is 3.01. The van der Waals surface area contributed by atoms with E-state index in [-0.39, 0.29) is 11.5 Å². The smallest absolute Gasteiger partial charge is 0.263 e. The third-order valence-corrected chi connectivity index (χ3v) is 5.00. The number of thiophene rings is 1. The first kappa shape index (κ1) is 13.1. The van der Waals surface area contributed by atoms with Crippen LogP contribution in [0.4, 0.5) is 5.69 Å². The fourth-order valence-electron chi connectivity index (χ4n) is 1.55. The van der Waals surface area contributed by atoms with Gasteiger partial charge in [-0.2, -0.15) is 5.10 Å². The van der Waals surface area contributed by atoms with E-state index in [0.717, 1.165) is 0 Å². The number of aromatic nitrogens is 2. The lowest BCUT2D eigenvalue weighted by molar-refractivity contribution is 0.285. The summed E-state index contributed by atoms with van der Waals surface area (Å²) in [5, 5.41) is 12.9. The second kappa shape index (κ2) is 4.71. The van der Waals surface area contributed by atoms with E-state index in [1.54, 1.807) is 20.2 Å². The van der Waals surface area contributed by atoms with E-state index in [1.807, 2.05) is 0 Å². The highest BCUT2D eigenvalue weighted by atomic mass is 32.2.